The molecule has 1 amide bonds. The van der Waals surface area contributed by atoms with E-state index in [-0.39, 0.29) is 11.6 Å². The Morgan fingerprint density at radius 3 is 2.79 bits per heavy atom. The molecule has 3 N–H and O–H groups in total. The first-order chi connectivity index (χ1) is 8.95. The molecule has 0 spiro atoms. The number of carbonyl (C=O) groups is 1. The van der Waals surface area contributed by atoms with E-state index in [1.807, 2.05) is 13.8 Å². The van der Waals surface area contributed by atoms with Crippen molar-refractivity contribution in [3.8, 4) is 6.07 Å². The molecule has 0 aliphatic heterocycles. The first kappa shape index (κ1) is 13.1. The number of nitrogen functional groups attached to an aromatic ring is 1. The van der Waals surface area contributed by atoms with Crippen LogP contribution >= 0.6 is 11.3 Å². The van der Waals surface area contributed by atoms with Gasteiger partial charge in [0.2, 0.25) is 0 Å². The van der Waals surface area contributed by atoms with E-state index < -0.39 is 0 Å². The number of anilines is 2. The van der Waals surface area contributed by atoms with Crippen LogP contribution in [0.3, 0.4) is 0 Å². The number of aromatic nitrogens is 2. The molecular weight excluding hydrogens is 262 g/mol. The summed E-state index contributed by atoms with van der Waals surface area (Å²) in [5, 5.41) is 16.3. The summed E-state index contributed by atoms with van der Waals surface area (Å²) in [5.41, 5.74) is 7.68. The molecule has 2 rings (SSSR count). The van der Waals surface area contributed by atoms with Gasteiger partial charge in [0.05, 0.1) is 17.4 Å². The summed E-state index contributed by atoms with van der Waals surface area (Å²) >= 11 is 1.38. The number of aryl methyl sites for hydroxylation is 2. The molecule has 0 atom stereocenters. The van der Waals surface area contributed by atoms with Crippen molar-refractivity contribution in [1.29, 1.82) is 5.26 Å². The lowest BCUT2D eigenvalue weighted by Gasteiger charge is -2.04. The number of nitrogens with two attached hydrogens (primary N) is 1. The molecule has 0 saturated carbocycles. The molecule has 0 fully saturated rings. The molecule has 2 aromatic rings. The summed E-state index contributed by atoms with van der Waals surface area (Å²) in [5.74, 6) is -0.366. The fourth-order valence-corrected chi connectivity index (χ4v) is 2.75. The summed E-state index contributed by atoms with van der Waals surface area (Å²) < 4.78 is 1.41. The van der Waals surface area contributed by atoms with Crippen LogP contribution in [0.1, 0.15) is 26.5 Å². The van der Waals surface area contributed by atoms with E-state index in [1.54, 1.807) is 7.05 Å². The maximum absolute atomic E-state index is 12.2. The molecule has 0 aliphatic carbocycles. The van der Waals surface area contributed by atoms with Crippen molar-refractivity contribution in [3.05, 3.63) is 27.9 Å². The maximum Gasteiger partial charge on any atom is 0.276 e. The molecule has 0 bridgehead atoms. The minimum Gasteiger partial charge on any atom is -0.396 e. The van der Waals surface area contributed by atoms with Crippen LogP contribution in [0.5, 0.6) is 0 Å². The highest BCUT2D eigenvalue weighted by atomic mass is 32.1. The van der Waals surface area contributed by atoms with Gasteiger partial charge in [-0.2, -0.15) is 10.4 Å². The third-order valence-corrected chi connectivity index (χ3v) is 4.03. The lowest BCUT2D eigenvalue weighted by molar-refractivity contribution is 0.101. The molecule has 19 heavy (non-hydrogen) atoms. The normalized spacial score (nSPS) is 10.2. The number of nitriles is 1. The van der Waals surface area contributed by atoms with Crippen molar-refractivity contribution < 1.29 is 4.79 Å². The zero-order chi connectivity index (χ0) is 14.2. The predicted molar refractivity (Wildman–Crippen MR) is 74.1 cm³/mol. The number of thiophene rings is 1. The fraction of sp³-hybridized carbons (Fsp3) is 0.250. The Labute approximate surface area is 114 Å². The van der Waals surface area contributed by atoms with Crippen LogP contribution in [0.4, 0.5) is 10.7 Å². The minimum atomic E-state index is -0.366. The lowest BCUT2D eigenvalue weighted by Crippen LogP contribution is -2.17. The van der Waals surface area contributed by atoms with Crippen LogP contribution in [0.25, 0.3) is 0 Å². The number of carbonyl (C=O) groups excluding carboxylic acids is 1. The Morgan fingerprint density at radius 1 is 1.58 bits per heavy atom. The Kier molecular flexibility index (Phi) is 3.27. The summed E-state index contributed by atoms with van der Waals surface area (Å²) in [4.78, 5) is 13.2. The molecular formula is C12H13N5OS. The second-order valence-electron chi connectivity index (χ2n) is 4.13. The van der Waals surface area contributed by atoms with Crippen LogP contribution in [-0.4, -0.2) is 15.7 Å². The van der Waals surface area contributed by atoms with E-state index in [0.29, 0.717) is 16.3 Å². The molecule has 7 heteroatoms. The van der Waals surface area contributed by atoms with E-state index in [0.717, 1.165) is 10.4 Å². The second kappa shape index (κ2) is 4.74. The van der Waals surface area contributed by atoms with Gasteiger partial charge in [-0.3, -0.25) is 9.48 Å². The van der Waals surface area contributed by atoms with Crippen LogP contribution in [0.2, 0.25) is 0 Å². The van der Waals surface area contributed by atoms with Gasteiger partial charge in [-0.05, 0) is 19.4 Å². The number of amides is 1. The van der Waals surface area contributed by atoms with Crippen molar-refractivity contribution >= 4 is 27.9 Å². The maximum atomic E-state index is 12.2. The van der Waals surface area contributed by atoms with Gasteiger partial charge >= 0.3 is 0 Å². The van der Waals surface area contributed by atoms with Gasteiger partial charge in [-0.15, -0.1) is 11.3 Å². The molecule has 0 unspecified atom stereocenters. The number of rotatable bonds is 2. The van der Waals surface area contributed by atoms with Gasteiger partial charge in [0, 0.05) is 11.9 Å². The van der Waals surface area contributed by atoms with Gasteiger partial charge in [0.1, 0.15) is 16.8 Å². The molecule has 2 aromatic heterocycles. The second-order valence-corrected chi connectivity index (χ2v) is 5.35. The predicted octanol–water partition coefficient (Wildman–Crippen LogP) is 1.80. The number of hydrogen-bond acceptors (Lipinski definition) is 5. The van der Waals surface area contributed by atoms with Crippen molar-refractivity contribution in [2.45, 2.75) is 13.8 Å². The minimum absolute atomic E-state index is 0.285. The average molecular weight is 275 g/mol. The first-order valence-corrected chi connectivity index (χ1v) is 6.36. The fourth-order valence-electron chi connectivity index (χ4n) is 1.74. The van der Waals surface area contributed by atoms with Gasteiger partial charge in [0.25, 0.3) is 5.91 Å². The standard InChI is InChI=1S/C12H13N5OS/c1-6-7(2)19-12(8(6)4-13)16-11(18)10-9(14)5-15-17(10)3/h5H,14H2,1-3H3,(H,16,18). The highest BCUT2D eigenvalue weighted by Gasteiger charge is 2.19. The van der Waals surface area contributed by atoms with Gasteiger partial charge in [0.15, 0.2) is 0 Å². The van der Waals surface area contributed by atoms with Crippen LogP contribution in [-0.2, 0) is 7.05 Å². The monoisotopic (exact) mass is 275 g/mol. The number of nitrogens with zero attached hydrogens (tertiary/aromatic N) is 3. The first-order valence-electron chi connectivity index (χ1n) is 5.54. The summed E-state index contributed by atoms with van der Waals surface area (Å²) in [6.07, 6.45) is 1.42. The van der Waals surface area contributed by atoms with Crippen molar-refractivity contribution in [2.75, 3.05) is 11.1 Å². The smallest absolute Gasteiger partial charge is 0.276 e. The molecule has 0 radical (unpaired) electrons. The average Bonchev–Trinajstić information content (AvgIpc) is 2.81. The van der Waals surface area contributed by atoms with Crippen LogP contribution in [0.15, 0.2) is 6.20 Å². The lowest BCUT2D eigenvalue weighted by atomic mass is 10.2. The molecule has 2 heterocycles. The van der Waals surface area contributed by atoms with Crippen molar-refractivity contribution in [3.63, 3.8) is 0 Å². The zero-order valence-corrected chi connectivity index (χ0v) is 11.6. The molecule has 0 aromatic carbocycles. The number of nitrogens with one attached hydrogen (secondary N) is 1. The molecule has 0 aliphatic rings. The third kappa shape index (κ3) is 2.18. The Balaban J connectivity index is 2.35. The molecule has 6 nitrogen and oxygen atoms in total. The van der Waals surface area contributed by atoms with Crippen molar-refractivity contribution in [1.82, 2.24) is 9.78 Å². The molecule has 0 saturated heterocycles. The van der Waals surface area contributed by atoms with E-state index in [4.69, 9.17) is 11.0 Å². The Bertz CT molecular complexity index is 672. The zero-order valence-electron chi connectivity index (χ0n) is 10.8. The van der Waals surface area contributed by atoms with Crippen LogP contribution in [0, 0.1) is 25.2 Å². The van der Waals surface area contributed by atoms with E-state index in [1.165, 1.54) is 22.2 Å². The van der Waals surface area contributed by atoms with Gasteiger partial charge in [-0.1, -0.05) is 0 Å². The van der Waals surface area contributed by atoms with E-state index in [2.05, 4.69) is 16.5 Å². The molecule has 98 valence electrons. The third-order valence-electron chi connectivity index (χ3n) is 2.91. The number of hydrogen-bond donors (Lipinski definition) is 2. The SMILES string of the molecule is Cc1sc(NC(=O)c2c(N)cnn2C)c(C#N)c1C. The van der Waals surface area contributed by atoms with Gasteiger partial charge in [-0.25, -0.2) is 0 Å². The van der Waals surface area contributed by atoms with Crippen molar-refractivity contribution in [2.24, 2.45) is 7.05 Å². The quantitative estimate of drug-likeness (QED) is 0.873. The Morgan fingerprint density at radius 2 is 2.26 bits per heavy atom. The largest absolute Gasteiger partial charge is 0.396 e. The summed E-state index contributed by atoms with van der Waals surface area (Å²) in [7, 11) is 1.64. The topological polar surface area (TPSA) is 96.7 Å². The summed E-state index contributed by atoms with van der Waals surface area (Å²) in [6.45, 7) is 3.77. The van der Waals surface area contributed by atoms with E-state index >= 15 is 0 Å². The Hall–Kier alpha value is -2.33. The summed E-state index contributed by atoms with van der Waals surface area (Å²) in [6, 6.07) is 2.11. The highest BCUT2D eigenvalue weighted by Crippen LogP contribution is 2.32. The highest BCUT2D eigenvalue weighted by molar-refractivity contribution is 7.16. The van der Waals surface area contributed by atoms with Gasteiger partial charge < -0.3 is 11.1 Å². The van der Waals surface area contributed by atoms with Crippen LogP contribution < -0.4 is 11.1 Å². The van der Waals surface area contributed by atoms with E-state index in [9.17, 15) is 4.79 Å².